The summed E-state index contributed by atoms with van der Waals surface area (Å²) in [5, 5.41) is 6.30. The second kappa shape index (κ2) is 6.24. The average molecular weight is 263 g/mol. The molecular formula is C15H25N3O. The maximum atomic E-state index is 11.7. The number of rotatable bonds is 5. The summed E-state index contributed by atoms with van der Waals surface area (Å²) in [5.74, 6) is 0.131. The maximum absolute atomic E-state index is 11.7. The number of nitrogens with zero attached hydrogens (tertiary/aromatic N) is 1. The third-order valence-corrected chi connectivity index (χ3v) is 3.71. The molecule has 0 saturated carbocycles. The van der Waals surface area contributed by atoms with Gasteiger partial charge in [0.05, 0.1) is 0 Å². The van der Waals surface area contributed by atoms with Crippen molar-refractivity contribution < 1.29 is 4.79 Å². The molecule has 1 amide bonds. The molecule has 19 heavy (non-hydrogen) atoms. The molecule has 1 aliphatic rings. The second-order valence-electron chi connectivity index (χ2n) is 5.68. The SMILES string of the molecule is CNC1CCCc2cn(CCC(=O)NC(C)C)cc21. The number of hydrogen-bond donors (Lipinski definition) is 2. The van der Waals surface area contributed by atoms with Gasteiger partial charge in [0, 0.05) is 37.4 Å². The van der Waals surface area contributed by atoms with Crippen LogP contribution in [-0.2, 0) is 17.8 Å². The van der Waals surface area contributed by atoms with E-state index >= 15 is 0 Å². The van der Waals surface area contributed by atoms with Crippen LogP contribution in [0, 0.1) is 0 Å². The zero-order valence-corrected chi connectivity index (χ0v) is 12.2. The second-order valence-corrected chi connectivity index (χ2v) is 5.68. The number of amides is 1. The largest absolute Gasteiger partial charge is 0.354 e. The van der Waals surface area contributed by atoms with Gasteiger partial charge >= 0.3 is 0 Å². The predicted octanol–water partition coefficient (Wildman–Crippen LogP) is 2.00. The lowest BCUT2D eigenvalue weighted by Gasteiger charge is -2.21. The highest BCUT2D eigenvalue weighted by atomic mass is 16.1. The van der Waals surface area contributed by atoms with Crippen LogP contribution in [0.2, 0.25) is 0 Å². The topological polar surface area (TPSA) is 46.1 Å². The lowest BCUT2D eigenvalue weighted by atomic mass is 9.91. The highest BCUT2D eigenvalue weighted by molar-refractivity contribution is 5.76. The van der Waals surface area contributed by atoms with Crippen molar-refractivity contribution in [1.29, 1.82) is 0 Å². The summed E-state index contributed by atoms with van der Waals surface area (Å²) < 4.78 is 2.17. The quantitative estimate of drug-likeness (QED) is 0.853. The number of aromatic nitrogens is 1. The molecule has 1 unspecified atom stereocenters. The molecule has 1 aromatic heterocycles. The van der Waals surface area contributed by atoms with Crippen molar-refractivity contribution in [2.75, 3.05) is 7.05 Å². The fourth-order valence-corrected chi connectivity index (χ4v) is 2.80. The molecule has 2 N–H and O–H groups in total. The van der Waals surface area contributed by atoms with Crippen LogP contribution >= 0.6 is 0 Å². The lowest BCUT2D eigenvalue weighted by Crippen LogP contribution is -2.30. The van der Waals surface area contributed by atoms with Crippen molar-refractivity contribution in [1.82, 2.24) is 15.2 Å². The highest BCUT2D eigenvalue weighted by Gasteiger charge is 2.20. The van der Waals surface area contributed by atoms with Crippen molar-refractivity contribution >= 4 is 5.91 Å². The van der Waals surface area contributed by atoms with E-state index in [0.717, 1.165) is 6.54 Å². The Kier molecular flexibility index (Phi) is 4.64. The van der Waals surface area contributed by atoms with Gasteiger partial charge in [0.15, 0.2) is 0 Å². The van der Waals surface area contributed by atoms with Crippen molar-refractivity contribution in [3.8, 4) is 0 Å². The Bertz CT molecular complexity index is 437. The van der Waals surface area contributed by atoms with E-state index in [1.165, 1.54) is 30.4 Å². The van der Waals surface area contributed by atoms with Crippen LogP contribution in [0.3, 0.4) is 0 Å². The lowest BCUT2D eigenvalue weighted by molar-refractivity contribution is -0.121. The molecule has 0 aliphatic heterocycles. The summed E-state index contributed by atoms with van der Waals surface area (Å²) in [6.45, 7) is 4.75. The average Bonchev–Trinajstić information content (AvgIpc) is 2.78. The normalized spacial score (nSPS) is 18.4. The fourth-order valence-electron chi connectivity index (χ4n) is 2.80. The van der Waals surface area contributed by atoms with Gasteiger partial charge < -0.3 is 15.2 Å². The standard InChI is InChI=1S/C15H25N3O/c1-11(2)17-15(19)7-8-18-9-12-5-4-6-14(16-3)13(12)10-18/h9-11,14,16H,4-8H2,1-3H3,(H,17,19). The van der Waals surface area contributed by atoms with Crippen LogP contribution in [0.15, 0.2) is 12.4 Å². The number of carbonyl (C=O) groups is 1. The van der Waals surface area contributed by atoms with Gasteiger partial charge in [-0.25, -0.2) is 0 Å². The molecule has 4 heteroatoms. The Balaban J connectivity index is 1.95. The van der Waals surface area contributed by atoms with E-state index in [9.17, 15) is 4.79 Å². The fraction of sp³-hybridized carbons (Fsp3) is 0.667. The van der Waals surface area contributed by atoms with Crippen molar-refractivity contribution in [3.63, 3.8) is 0 Å². The Labute approximate surface area is 115 Å². The first-order valence-electron chi connectivity index (χ1n) is 7.25. The minimum Gasteiger partial charge on any atom is -0.354 e. The van der Waals surface area contributed by atoms with Gasteiger partial charge in [0.2, 0.25) is 5.91 Å². The molecule has 0 spiro atoms. The smallest absolute Gasteiger partial charge is 0.221 e. The van der Waals surface area contributed by atoms with Crippen LogP contribution in [0.4, 0.5) is 0 Å². The third kappa shape index (κ3) is 3.60. The summed E-state index contributed by atoms with van der Waals surface area (Å²) >= 11 is 0. The molecule has 0 radical (unpaired) electrons. The van der Waals surface area contributed by atoms with Gasteiger partial charge in [-0.15, -0.1) is 0 Å². The molecule has 1 aromatic rings. The summed E-state index contributed by atoms with van der Waals surface area (Å²) in [6, 6.07) is 0.702. The summed E-state index contributed by atoms with van der Waals surface area (Å²) in [7, 11) is 2.02. The molecule has 0 aromatic carbocycles. The molecule has 0 bridgehead atoms. The summed E-state index contributed by atoms with van der Waals surface area (Å²) in [6.07, 6.45) is 8.59. The number of fused-ring (bicyclic) bond motifs is 1. The number of nitrogens with one attached hydrogen (secondary N) is 2. The maximum Gasteiger partial charge on any atom is 0.221 e. The Morgan fingerprint density at radius 3 is 2.95 bits per heavy atom. The van der Waals surface area contributed by atoms with Gasteiger partial charge in [0.1, 0.15) is 0 Å². The number of carbonyl (C=O) groups excluding carboxylic acids is 1. The molecule has 1 heterocycles. The number of hydrogen-bond acceptors (Lipinski definition) is 2. The van der Waals surface area contributed by atoms with Gasteiger partial charge in [-0.3, -0.25) is 4.79 Å². The van der Waals surface area contributed by atoms with Crippen molar-refractivity contribution in [2.45, 2.75) is 58.2 Å². The molecule has 1 atom stereocenters. The van der Waals surface area contributed by atoms with Gasteiger partial charge in [-0.05, 0) is 51.3 Å². The molecule has 2 rings (SSSR count). The molecule has 1 aliphatic carbocycles. The van der Waals surface area contributed by atoms with E-state index in [0.29, 0.717) is 12.5 Å². The van der Waals surface area contributed by atoms with E-state index in [4.69, 9.17) is 0 Å². The predicted molar refractivity (Wildman–Crippen MR) is 77.1 cm³/mol. The van der Waals surface area contributed by atoms with Crippen molar-refractivity contribution in [3.05, 3.63) is 23.5 Å². The first kappa shape index (κ1) is 14.1. The highest BCUT2D eigenvalue weighted by Crippen LogP contribution is 2.30. The van der Waals surface area contributed by atoms with E-state index < -0.39 is 0 Å². The van der Waals surface area contributed by atoms with E-state index in [1.807, 2.05) is 20.9 Å². The zero-order chi connectivity index (χ0) is 13.8. The van der Waals surface area contributed by atoms with E-state index in [-0.39, 0.29) is 11.9 Å². The molecule has 0 saturated heterocycles. The van der Waals surface area contributed by atoms with Crippen LogP contribution in [-0.4, -0.2) is 23.6 Å². The molecule has 106 valence electrons. The van der Waals surface area contributed by atoms with Gasteiger partial charge in [-0.1, -0.05) is 0 Å². The zero-order valence-electron chi connectivity index (χ0n) is 12.2. The van der Waals surface area contributed by atoms with Gasteiger partial charge in [0.25, 0.3) is 0 Å². The first-order valence-corrected chi connectivity index (χ1v) is 7.25. The molecule has 0 fully saturated rings. The van der Waals surface area contributed by atoms with Crippen LogP contribution < -0.4 is 10.6 Å². The number of aryl methyl sites for hydroxylation is 2. The van der Waals surface area contributed by atoms with Crippen LogP contribution in [0.1, 0.15) is 50.3 Å². The summed E-state index contributed by atoms with van der Waals surface area (Å²) in [4.78, 5) is 11.7. The minimum absolute atomic E-state index is 0.131. The summed E-state index contributed by atoms with van der Waals surface area (Å²) in [5.41, 5.74) is 2.85. The Hall–Kier alpha value is -1.29. The van der Waals surface area contributed by atoms with Crippen LogP contribution in [0.5, 0.6) is 0 Å². The van der Waals surface area contributed by atoms with Crippen molar-refractivity contribution in [2.24, 2.45) is 0 Å². The monoisotopic (exact) mass is 263 g/mol. The van der Waals surface area contributed by atoms with E-state index in [2.05, 4.69) is 27.6 Å². The molecular weight excluding hydrogens is 238 g/mol. The Morgan fingerprint density at radius 1 is 1.47 bits per heavy atom. The van der Waals surface area contributed by atoms with Crippen LogP contribution in [0.25, 0.3) is 0 Å². The molecule has 4 nitrogen and oxygen atoms in total. The first-order chi connectivity index (χ1) is 9.10. The Morgan fingerprint density at radius 2 is 2.26 bits per heavy atom. The minimum atomic E-state index is 0.131. The van der Waals surface area contributed by atoms with Gasteiger partial charge in [-0.2, -0.15) is 0 Å². The van der Waals surface area contributed by atoms with E-state index in [1.54, 1.807) is 0 Å². The third-order valence-electron chi connectivity index (χ3n) is 3.71.